The van der Waals surface area contributed by atoms with Crippen LogP contribution in [0, 0.1) is 0 Å². The van der Waals surface area contributed by atoms with Gasteiger partial charge in [-0.25, -0.2) is 0 Å². The van der Waals surface area contributed by atoms with Crippen LogP contribution in [0.3, 0.4) is 0 Å². The van der Waals surface area contributed by atoms with Crippen molar-refractivity contribution < 1.29 is 4.79 Å². The van der Waals surface area contributed by atoms with E-state index in [1.165, 1.54) is 5.56 Å². The minimum absolute atomic E-state index is 0.0248. The summed E-state index contributed by atoms with van der Waals surface area (Å²) >= 11 is 0. The van der Waals surface area contributed by atoms with Gasteiger partial charge in [0.05, 0.1) is 0 Å². The molecule has 3 heteroatoms. The van der Waals surface area contributed by atoms with Crippen LogP contribution < -0.4 is 5.32 Å². The fourth-order valence-electron chi connectivity index (χ4n) is 1.81. The van der Waals surface area contributed by atoms with Crippen molar-refractivity contribution in [3.63, 3.8) is 0 Å². The number of hydrogen-bond donors (Lipinski definition) is 1. The van der Waals surface area contributed by atoms with Gasteiger partial charge in [0.2, 0.25) is 0 Å². The van der Waals surface area contributed by atoms with Gasteiger partial charge in [-0.15, -0.1) is 0 Å². The van der Waals surface area contributed by atoms with Gasteiger partial charge in [0.15, 0.2) is 0 Å². The number of aryl methyl sites for hydroxylation is 1. The summed E-state index contributed by atoms with van der Waals surface area (Å²) in [4.78, 5) is 14.0. The summed E-state index contributed by atoms with van der Waals surface area (Å²) in [6.45, 7) is 3.88. The van der Waals surface area contributed by atoms with Crippen molar-refractivity contribution in [1.82, 2.24) is 10.2 Å². The van der Waals surface area contributed by atoms with E-state index in [-0.39, 0.29) is 5.91 Å². The normalized spacial score (nSPS) is 10.7. The maximum absolute atomic E-state index is 11.8. The SMILES string of the molecule is CCCc1ccc(C(=O)NCCCN(C)C)cc1. The third-order valence-corrected chi connectivity index (χ3v) is 2.82. The number of nitrogens with one attached hydrogen (secondary N) is 1. The number of carbonyl (C=O) groups excluding carboxylic acids is 1. The maximum Gasteiger partial charge on any atom is 0.251 e. The van der Waals surface area contributed by atoms with Crippen LogP contribution in [0.15, 0.2) is 24.3 Å². The van der Waals surface area contributed by atoms with E-state index in [2.05, 4.69) is 17.1 Å². The topological polar surface area (TPSA) is 32.3 Å². The Morgan fingerprint density at radius 3 is 2.44 bits per heavy atom. The first-order chi connectivity index (χ1) is 8.63. The summed E-state index contributed by atoms with van der Waals surface area (Å²) in [6, 6.07) is 7.90. The summed E-state index contributed by atoms with van der Waals surface area (Å²) in [5.41, 5.74) is 2.04. The summed E-state index contributed by atoms with van der Waals surface area (Å²) < 4.78 is 0. The number of hydrogen-bond acceptors (Lipinski definition) is 2. The van der Waals surface area contributed by atoms with Crippen molar-refractivity contribution in [1.29, 1.82) is 0 Å². The first-order valence-corrected chi connectivity index (χ1v) is 6.65. The molecular formula is C15H24N2O. The molecule has 0 radical (unpaired) electrons. The fourth-order valence-corrected chi connectivity index (χ4v) is 1.81. The van der Waals surface area contributed by atoms with E-state index < -0.39 is 0 Å². The standard InChI is InChI=1S/C15H24N2O/c1-4-6-13-7-9-14(10-8-13)15(18)16-11-5-12-17(2)3/h7-10H,4-6,11-12H2,1-3H3,(H,16,18). The molecule has 1 N–H and O–H groups in total. The predicted molar refractivity (Wildman–Crippen MR) is 75.9 cm³/mol. The van der Waals surface area contributed by atoms with Crippen molar-refractivity contribution >= 4 is 5.91 Å². The average Bonchev–Trinajstić information content (AvgIpc) is 2.35. The second kappa shape index (κ2) is 7.88. The van der Waals surface area contributed by atoms with Gasteiger partial charge in [-0.1, -0.05) is 25.5 Å². The summed E-state index contributed by atoms with van der Waals surface area (Å²) in [5, 5.41) is 2.94. The van der Waals surface area contributed by atoms with Crippen LogP contribution in [0.5, 0.6) is 0 Å². The van der Waals surface area contributed by atoms with Crippen LogP contribution in [-0.2, 0) is 6.42 Å². The Bertz CT molecular complexity index is 357. The molecule has 0 aliphatic heterocycles. The highest BCUT2D eigenvalue weighted by atomic mass is 16.1. The van der Waals surface area contributed by atoms with Gasteiger partial charge in [-0.3, -0.25) is 4.79 Å². The van der Waals surface area contributed by atoms with Gasteiger partial charge in [0.1, 0.15) is 0 Å². The summed E-state index contributed by atoms with van der Waals surface area (Å²) in [7, 11) is 4.07. The van der Waals surface area contributed by atoms with E-state index in [1.807, 2.05) is 38.4 Å². The van der Waals surface area contributed by atoms with Gasteiger partial charge >= 0.3 is 0 Å². The van der Waals surface area contributed by atoms with E-state index in [1.54, 1.807) is 0 Å². The first kappa shape index (κ1) is 14.7. The molecule has 1 rings (SSSR count). The lowest BCUT2D eigenvalue weighted by atomic mass is 10.1. The predicted octanol–water partition coefficient (Wildman–Crippen LogP) is 2.32. The lowest BCUT2D eigenvalue weighted by Gasteiger charge is -2.10. The Hall–Kier alpha value is -1.35. The van der Waals surface area contributed by atoms with Crippen LogP contribution in [-0.4, -0.2) is 38.0 Å². The summed E-state index contributed by atoms with van der Waals surface area (Å²) in [5.74, 6) is 0.0248. The highest BCUT2D eigenvalue weighted by Gasteiger charge is 2.04. The number of benzene rings is 1. The molecule has 1 aromatic rings. The van der Waals surface area contributed by atoms with Gasteiger partial charge in [-0.2, -0.15) is 0 Å². The first-order valence-electron chi connectivity index (χ1n) is 6.65. The van der Waals surface area contributed by atoms with Crippen LogP contribution in [0.25, 0.3) is 0 Å². The molecule has 1 aromatic carbocycles. The minimum atomic E-state index is 0.0248. The van der Waals surface area contributed by atoms with Gasteiger partial charge in [-0.05, 0) is 51.2 Å². The second-order valence-electron chi connectivity index (χ2n) is 4.86. The smallest absolute Gasteiger partial charge is 0.251 e. The van der Waals surface area contributed by atoms with Crippen molar-refractivity contribution in [3.05, 3.63) is 35.4 Å². The van der Waals surface area contributed by atoms with Crippen LogP contribution in [0.1, 0.15) is 35.7 Å². The second-order valence-corrected chi connectivity index (χ2v) is 4.86. The lowest BCUT2D eigenvalue weighted by Crippen LogP contribution is -2.27. The number of carbonyl (C=O) groups is 1. The largest absolute Gasteiger partial charge is 0.352 e. The van der Waals surface area contributed by atoms with Crippen molar-refractivity contribution in [3.8, 4) is 0 Å². The van der Waals surface area contributed by atoms with E-state index >= 15 is 0 Å². The molecule has 100 valence electrons. The molecule has 0 atom stereocenters. The van der Waals surface area contributed by atoms with Crippen molar-refractivity contribution in [2.75, 3.05) is 27.2 Å². The quantitative estimate of drug-likeness (QED) is 0.751. The van der Waals surface area contributed by atoms with E-state index in [0.29, 0.717) is 0 Å². The molecule has 0 aliphatic carbocycles. The van der Waals surface area contributed by atoms with Gasteiger partial charge in [0, 0.05) is 12.1 Å². The third-order valence-electron chi connectivity index (χ3n) is 2.82. The molecule has 18 heavy (non-hydrogen) atoms. The molecule has 1 amide bonds. The zero-order valence-corrected chi connectivity index (χ0v) is 11.7. The molecular weight excluding hydrogens is 224 g/mol. The monoisotopic (exact) mass is 248 g/mol. The van der Waals surface area contributed by atoms with Crippen molar-refractivity contribution in [2.45, 2.75) is 26.2 Å². The number of amides is 1. The minimum Gasteiger partial charge on any atom is -0.352 e. The zero-order valence-electron chi connectivity index (χ0n) is 11.7. The third kappa shape index (κ3) is 5.32. The number of nitrogens with zero attached hydrogens (tertiary/aromatic N) is 1. The van der Waals surface area contributed by atoms with Crippen LogP contribution >= 0.6 is 0 Å². The Morgan fingerprint density at radius 1 is 1.22 bits per heavy atom. The fraction of sp³-hybridized carbons (Fsp3) is 0.533. The highest BCUT2D eigenvalue weighted by Crippen LogP contribution is 2.06. The van der Waals surface area contributed by atoms with Gasteiger partial charge < -0.3 is 10.2 Å². The number of rotatable bonds is 7. The molecule has 0 saturated heterocycles. The molecule has 0 bridgehead atoms. The zero-order chi connectivity index (χ0) is 13.4. The average molecular weight is 248 g/mol. The molecule has 0 fully saturated rings. The van der Waals surface area contributed by atoms with Gasteiger partial charge in [0.25, 0.3) is 5.91 Å². The van der Waals surface area contributed by atoms with E-state index in [4.69, 9.17) is 0 Å². The molecule has 0 heterocycles. The van der Waals surface area contributed by atoms with E-state index in [9.17, 15) is 4.79 Å². The van der Waals surface area contributed by atoms with Crippen molar-refractivity contribution in [2.24, 2.45) is 0 Å². The lowest BCUT2D eigenvalue weighted by molar-refractivity contribution is 0.0952. The molecule has 0 aromatic heterocycles. The molecule has 3 nitrogen and oxygen atoms in total. The van der Waals surface area contributed by atoms with E-state index in [0.717, 1.165) is 37.9 Å². The molecule has 0 saturated carbocycles. The van der Waals surface area contributed by atoms with Crippen LogP contribution in [0.2, 0.25) is 0 Å². The Balaban J connectivity index is 2.37. The molecule has 0 spiro atoms. The maximum atomic E-state index is 11.8. The molecule has 0 unspecified atom stereocenters. The Morgan fingerprint density at radius 2 is 1.89 bits per heavy atom. The summed E-state index contributed by atoms with van der Waals surface area (Å²) in [6.07, 6.45) is 3.19. The Kier molecular flexibility index (Phi) is 6.44. The highest BCUT2D eigenvalue weighted by molar-refractivity contribution is 5.94. The molecule has 0 aliphatic rings. The Labute approximate surface area is 110 Å². The van der Waals surface area contributed by atoms with Crippen LogP contribution in [0.4, 0.5) is 0 Å².